The first kappa shape index (κ1) is 16.6. The number of furan rings is 1. The van der Waals surface area contributed by atoms with Gasteiger partial charge in [0.25, 0.3) is 11.9 Å². The maximum Gasteiger partial charge on any atom is 0.290 e. The summed E-state index contributed by atoms with van der Waals surface area (Å²) in [7, 11) is 1.54. The zero-order valence-corrected chi connectivity index (χ0v) is 13.5. The van der Waals surface area contributed by atoms with Gasteiger partial charge in [0.05, 0.1) is 7.11 Å². The third kappa shape index (κ3) is 4.17. The van der Waals surface area contributed by atoms with Crippen LogP contribution in [-0.2, 0) is 6.54 Å². The SMILES string of the molecule is COc1ccccc1Oc1ccc(C(=O)NCc2ccc(F)cc2)o1. The molecule has 1 amide bonds. The number of ether oxygens (including phenoxy) is 2. The Morgan fingerprint density at radius 2 is 1.76 bits per heavy atom. The normalized spacial score (nSPS) is 10.3. The molecule has 0 saturated carbocycles. The lowest BCUT2D eigenvalue weighted by molar-refractivity contribution is 0.0918. The van der Waals surface area contributed by atoms with Crippen LogP contribution >= 0.6 is 0 Å². The molecule has 1 N–H and O–H groups in total. The number of carbonyl (C=O) groups excluding carboxylic acids is 1. The lowest BCUT2D eigenvalue weighted by Gasteiger charge is -2.07. The fraction of sp³-hybridized carbons (Fsp3) is 0.105. The number of halogens is 1. The highest BCUT2D eigenvalue weighted by atomic mass is 19.1. The molecule has 0 spiro atoms. The van der Waals surface area contributed by atoms with Gasteiger partial charge in [-0.05, 0) is 35.9 Å². The number of hydrogen-bond acceptors (Lipinski definition) is 4. The maximum atomic E-state index is 12.9. The Kier molecular flexibility index (Phi) is 4.99. The summed E-state index contributed by atoms with van der Waals surface area (Å²) >= 11 is 0. The van der Waals surface area contributed by atoms with Crippen LogP contribution in [-0.4, -0.2) is 13.0 Å². The Morgan fingerprint density at radius 3 is 2.48 bits per heavy atom. The van der Waals surface area contributed by atoms with Gasteiger partial charge in [0.2, 0.25) is 0 Å². The van der Waals surface area contributed by atoms with Crippen molar-refractivity contribution in [3.63, 3.8) is 0 Å². The molecule has 3 aromatic rings. The van der Waals surface area contributed by atoms with Crippen LogP contribution in [0.4, 0.5) is 4.39 Å². The van der Waals surface area contributed by atoms with Crippen molar-refractivity contribution < 1.29 is 23.1 Å². The smallest absolute Gasteiger partial charge is 0.290 e. The van der Waals surface area contributed by atoms with E-state index in [1.807, 2.05) is 6.07 Å². The zero-order chi connectivity index (χ0) is 17.6. The van der Waals surface area contributed by atoms with Crippen LogP contribution in [0.2, 0.25) is 0 Å². The minimum atomic E-state index is -0.390. The topological polar surface area (TPSA) is 60.7 Å². The summed E-state index contributed by atoms with van der Waals surface area (Å²) in [6, 6.07) is 16.1. The van der Waals surface area contributed by atoms with E-state index in [4.69, 9.17) is 13.9 Å². The third-order valence-electron chi connectivity index (χ3n) is 3.45. The first-order chi connectivity index (χ1) is 12.2. The van der Waals surface area contributed by atoms with Crippen LogP contribution in [0, 0.1) is 5.82 Å². The predicted octanol–water partition coefficient (Wildman–Crippen LogP) is 4.15. The largest absolute Gasteiger partial charge is 0.493 e. The number of methoxy groups -OCH3 is 1. The summed E-state index contributed by atoms with van der Waals surface area (Å²) in [6.07, 6.45) is 0. The monoisotopic (exact) mass is 341 g/mol. The van der Waals surface area contributed by atoms with Crippen molar-refractivity contribution in [2.45, 2.75) is 6.54 Å². The Morgan fingerprint density at radius 1 is 1.04 bits per heavy atom. The van der Waals surface area contributed by atoms with Gasteiger partial charge < -0.3 is 19.2 Å². The lowest BCUT2D eigenvalue weighted by atomic mass is 10.2. The maximum absolute atomic E-state index is 12.9. The van der Waals surface area contributed by atoms with Crippen molar-refractivity contribution in [3.05, 3.63) is 77.8 Å². The third-order valence-corrected chi connectivity index (χ3v) is 3.45. The van der Waals surface area contributed by atoms with Gasteiger partial charge in [0.15, 0.2) is 17.3 Å². The molecule has 1 heterocycles. The molecular formula is C19H16FNO4. The summed E-state index contributed by atoms with van der Waals surface area (Å²) in [4.78, 5) is 12.1. The molecule has 0 aliphatic heterocycles. The van der Waals surface area contributed by atoms with E-state index in [0.29, 0.717) is 11.5 Å². The molecule has 3 rings (SSSR count). The molecule has 6 heteroatoms. The van der Waals surface area contributed by atoms with Crippen molar-refractivity contribution in [2.75, 3.05) is 7.11 Å². The van der Waals surface area contributed by atoms with Crippen molar-refractivity contribution in [2.24, 2.45) is 0 Å². The van der Waals surface area contributed by atoms with Crippen LogP contribution in [0.15, 0.2) is 65.1 Å². The molecule has 128 valence electrons. The molecule has 0 aliphatic carbocycles. The second kappa shape index (κ2) is 7.53. The molecule has 0 bridgehead atoms. The summed E-state index contributed by atoms with van der Waals surface area (Å²) in [5, 5.41) is 2.70. The average Bonchev–Trinajstić information content (AvgIpc) is 3.10. The van der Waals surface area contributed by atoms with Gasteiger partial charge in [-0.25, -0.2) is 4.39 Å². The highest BCUT2D eigenvalue weighted by Gasteiger charge is 2.13. The lowest BCUT2D eigenvalue weighted by Crippen LogP contribution is -2.22. The number of amides is 1. The van der Waals surface area contributed by atoms with Gasteiger partial charge in [-0.2, -0.15) is 0 Å². The highest BCUT2D eigenvalue weighted by Crippen LogP contribution is 2.31. The van der Waals surface area contributed by atoms with Gasteiger partial charge >= 0.3 is 0 Å². The van der Waals surface area contributed by atoms with E-state index < -0.39 is 0 Å². The van der Waals surface area contributed by atoms with Crippen LogP contribution in [0.25, 0.3) is 0 Å². The molecule has 0 aliphatic rings. The highest BCUT2D eigenvalue weighted by molar-refractivity contribution is 5.91. The predicted molar refractivity (Wildman–Crippen MR) is 89.3 cm³/mol. The Balaban J connectivity index is 1.62. The number of rotatable bonds is 6. The van der Waals surface area contributed by atoms with Crippen molar-refractivity contribution in [1.82, 2.24) is 5.32 Å². The quantitative estimate of drug-likeness (QED) is 0.732. The average molecular weight is 341 g/mol. The molecule has 1 aromatic heterocycles. The second-order valence-electron chi connectivity index (χ2n) is 5.18. The summed E-state index contributed by atoms with van der Waals surface area (Å²) in [6.45, 7) is 0.266. The standard InChI is InChI=1S/C19H16FNO4/c1-23-15-4-2-3-5-16(15)24-18-11-10-17(25-18)19(22)21-12-13-6-8-14(20)9-7-13/h2-11H,12H2,1H3,(H,21,22). The van der Waals surface area contributed by atoms with E-state index in [1.165, 1.54) is 18.2 Å². The van der Waals surface area contributed by atoms with Crippen LogP contribution in [0.3, 0.4) is 0 Å². The molecule has 0 atom stereocenters. The molecule has 0 radical (unpaired) electrons. The Hall–Kier alpha value is -3.28. The number of hydrogen-bond donors (Lipinski definition) is 1. The van der Waals surface area contributed by atoms with Gasteiger partial charge in [-0.15, -0.1) is 0 Å². The van der Waals surface area contributed by atoms with E-state index in [0.717, 1.165) is 5.56 Å². The van der Waals surface area contributed by atoms with Crippen molar-refractivity contribution in [3.8, 4) is 17.4 Å². The zero-order valence-electron chi connectivity index (χ0n) is 13.5. The van der Waals surface area contributed by atoms with E-state index >= 15 is 0 Å². The first-order valence-electron chi connectivity index (χ1n) is 7.59. The summed E-state index contributed by atoms with van der Waals surface area (Å²) in [5.41, 5.74) is 0.784. The molecule has 0 saturated heterocycles. The fourth-order valence-electron chi connectivity index (χ4n) is 2.18. The molecule has 0 fully saturated rings. The van der Waals surface area contributed by atoms with Gasteiger partial charge in [0.1, 0.15) is 5.82 Å². The van der Waals surface area contributed by atoms with Gasteiger partial charge in [-0.3, -0.25) is 4.79 Å². The van der Waals surface area contributed by atoms with Crippen LogP contribution in [0.5, 0.6) is 17.4 Å². The molecule has 2 aromatic carbocycles. The molecule has 5 nitrogen and oxygen atoms in total. The number of nitrogens with one attached hydrogen (secondary N) is 1. The van der Waals surface area contributed by atoms with Crippen LogP contribution < -0.4 is 14.8 Å². The van der Waals surface area contributed by atoms with Crippen molar-refractivity contribution in [1.29, 1.82) is 0 Å². The molecular weight excluding hydrogens is 325 g/mol. The summed E-state index contributed by atoms with van der Waals surface area (Å²) in [5.74, 6) is 0.626. The molecule has 25 heavy (non-hydrogen) atoms. The Bertz CT molecular complexity index is 858. The number of para-hydroxylation sites is 2. The van der Waals surface area contributed by atoms with E-state index in [-0.39, 0.29) is 30.0 Å². The number of carbonyl (C=O) groups is 1. The van der Waals surface area contributed by atoms with E-state index in [2.05, 4.69) is 5.32 Å². The van der Waals surface area contributed by atoms with Gasteiger partial charge in [0, 0.05) is 12.6 Å². The van der Waals surface area contributed by atoms with Crippen molar-refractivity contribution >= 4 is 5.91 Å². The van der Waals surface area contributed by atoms with Gasteiger partial charge in [-0.1, -0.05) is 24.3 Å². The first-order valence-corrected chi connectivity index (χ1v) is 7.59. The minimum Gasteiger partial charge on any atom is -0.493 e. The van der Waals surface area contributed by atoms with E-state index in [9.17, 15) is 9.18 Å². The summed E-state index contributed by atoms with van der Waals surface area (Å²) < 4.78 is 29.1. The Labute approximate surface area is 144 Å². The second-order valence-corrected chi connectivity index (χ2v) is 5.18. The van der Waals surface area contributed by atoms with E-state index in [1.54, 1.807) is 43.5 Å². The number of benzene rings is 2. The molecule has 0 unspecified atom stereocenters. The minimum absolute atomic E-state index is 0.118. The van der Waals surface area contributed by atoms with Crippen LogP contribution in [0.1, 0.15) is 16.1 Å². The fourth-order valence-corrected chi connectivity index (χ4v) is 2.18.